The van der Waals surface area contributed by atoms with E-state index >= 15 is 0 Å². The molecular formula is C80H74N2. The number of benzene rings is 12. The lowest BCUT2D eigenvalue weighted by atomic mass is 9.83. The van der Waals surface area contributed by atoms with Gasteiger partial charge in [0.25, 0.3) is 0 Å². The van der Waals surface area contributed by atoms with Gasteiger partial charge in [-0.3, -0.25) is 0 Å². The van der Waals surface area contributed by atoms with Gasteiger partial charge in [0, 0.05) is 32.8 Å². The second-order valence-electron chi connectivity index (χ2n) is 27.1. The van der Waals surface area contributed by atoms with Gasteiger partial charge < -0.3 is 9.47 Å². The summed E-state index contributed by atoms with van der Waals surface area (Å²) < 4.78 is 2.55. The zero-order chi connectivity index (χ0) is 57.0. The smallest absolute Gasteiger partial charge is 0.0543 e. The third kappa shape index (κ3) is 9.14. The zero-order valence-electron chi connectivity index (χ0n) is 49.8. The molecule has 1 aromatic heterocycles. The van der Waals surface area contributed by atoms with Gasteiger partial charge in [-0.2, -0.15) is 0 Å². The minimum Gasteiger partial charge on any atom is -0.309 e. The summed E-state index contributed by atoms with van der Waals surface area (Å²) in [6.07, 6.45) is 0. The predicted octanol–water partition coefficient (Wildman–Crippen LogP) is 23.0. The largest absolute Gasteiger partial charge is 0.309 e. The van der Waals surface area contributed by atoms with Gasteiger partial charge in [0.15, 0.2) is 0 Å². The number of anilines is 3. The van der Waals surface area contributed by atoms with E-state index in [9.17, 15) is 0 Å². The van der Waals surface area contributed by atoms with Crippen LogP contribution in [0.1, 0.15) is 105 Å². The molecule has 0 bridgehead atoms. The summed E-state index contributed by atoms with van der Waals surface area (Å²) in [6, 6.07) is 87.7. The van der Waals surface area contributed by atoms with Crippen LogP contribution in [0.25, 0.3) is 104 Å². The highest BCUT2D eigenvalue weighted by Crippen LogP contribution is 2.51. The molecule has 0 radical (unpaired) electrons. The molecule has 0 aliphatic rings. The first-order valence-electron chi connectivity index (χ1n) is 29.4. The van der Waals surface area contributed by atoms with Gasteiger partial charge in [0.05, 0.1) is 28.1 Å². The highest BCUT2D eigenvalue weighted by molar-refractivity contribution is 6.28. The molecule has 13 rings (SSSR count). The summed E-state index contributed by atoms with van der Waals surface area (Å²) in [4.78, 5) is 2.62. The number of hydrogen-bond acceptors (Lipinski definition) is 1. The molecule has 0 atom stereocenters. The van der Waals surface area contributed by atoms with E-state index in [-0.39, 0.29) is 21.7 Å². The SMILES string of the molecule is CC(C)(C)c1cc(-c2ccccc2-c2ccccc2)cc(N(c2cc(C(C)(C)C)ccc2-c2ccccc2-c2ccccc2)c2ccc3ccc4c(-n5c6ccc(C(C)(C)C)cc6c6cc(C(C)(C)C)ccc65)ccc5ccc2c3c54)c1. The van der Waals surface area contributed by atoms with Crippen molar-refractivity contribution in [2.45, 2.75) is 105 Å². The van der Waals surface area contributed by atoms with Crippen LogP contribution in [-0.4, -0.2) is 4.57 Å². The molecule has 82 heavy (non-hydrogen) atoms. The van der Waals surface area contributed by atoms with Crippen molar-refractivity contribution in [1.29, 1.82) is 0 Å². The summed E-state index contributed by atoms with van der Waals surface area (Å²) in [6.45, 7) is 28.0. The third-order valence-corrected chi connectivity index (χ3v) is 17.4. The van der Waals surface area contributed by atoms with Gasteiger partial charge in [0.1, 0.15) is 0 Å². The number of fused-ring (bicyclic) bond motifs is 3. The van der Waals surface area contributed by atoms with E-state index in [4.69, 9.17) is 0 Å². The Morgan fingerprint density at radius 1 is 0.280 bits per heavy atom. The van der Waals surface area contributed by atoms with Crippen LogP contribution in [0.4, 0.5) is 17.1 Å². The first kappa shape index (κ1) is 52.6. The van der Waals surface area contributed by atoms with Crippen LogP contribution in [0, 0.1) is 0 Å². The molecule has 0 aliphatic heterocycles. The minimum atomic E-state index is -0.178. The molecule has 0 spiro atoms. The van der Waals surface area contributed by atoms with Crippen LogP contribution >= 0.6 is 0 Å². The molecule has 0 aliphatic carbocycles. The fourth-order valence-corrected chi connectivity index (χ4v) is 12.7. The average molecular weight is 1060 g/mol. The molecule has 0 saturated heterocycles. The van der Waals surface area contributed by atoms with Gasteiger partial charge in [-0.05, 0) is 159 Å². The molecule has 0 saturated carbocycles. The third-order valence-electron chi connectivity index (χ3n) is 17.4. The van der Waals surface area contributed by atoms with E-state index in [1.54, 1.807) is 0 Å². The Morgan fingerprint density at radius 3 is 1.27 bits per heavy atom. The summed E-state index contributed by atoms with van der Waals surface area (Å²) in [5, 5.41) is 10.0. The maximum atomic E-state index is 2.62. The van der Waals surface area contributed by atoms with Crippen LogP contribution < -0.4 is 4.90 Å². The monoisotopic (exact) mass is 1060 g/mol. The van der Waals surface area contributed by atoms with Gasteiger partial charge in [-0.25, -0.2) is 0 Å². The number of hydrogen-bond donors (Lipinski definition) is 0. The zero-order valence-corrected chi connectivity index (χ0v) is 49.8. The Balaban J connectivity index is 1.13. The summed E-state index contributed by atoms with van der Waals surface area (Å²) in [5.41, 5.74) is 21.5. The molecule has 1 heterocycles. The fraction of sp³-hybridized carbons (Fsp3) is 0.200. The number of aromatic nitrogens is 1. The topological polar surface area (TPSA) is 8.17 Å². The fourth-order valence-electron chi connectivity index (χ4n) is 12.7. The van der Waals surface area contributed by atoms with Crippen LogP contribution in [-0.2, 0) is 21.7 Å². The lowest BCUT2D eigenvalue weighted by molar-refractivity contribution is 0.590. The molecule has 2 nitrogen and oxygen atoms in total. The van der Waals surface area contributed by atoms with Crippen LogP contribution in [0.15, 0.2) is 231 Å². The molecule has 2 heteroatoms. The van der Waals surface area contributed by atoms with E-state index in [2.05, 4.69) is 323 Å². The van der Waals surface area contributed by atoms with E-state index < -0.39 is 0 Å². The van der Waals surface area contributed by atoms with Crippen molar-refractivity contribution in [2.24, 2.45) is 0 Å². The second kappa shape index (κ2) is 19.5. The molecule has 0 fully saturated rings. The van der Waals surface area contributed by atoms with Crippen molar-refractivity contribution in [1.82, 2.24) is 4.57 Å². The minimum absolute atomic E-state index is 0.00518. The van der Waals surface area contributed by atoms with Crippen molar-refractivity contribution in [3.05, 3.63) is 253 Å². The van der Waals surface area contributed by atoms with E-state index in [0.717, 1.165) is 17.1 Å². The molecule has 12 aromatic carbocycles. The quantitative estimate of drug-likeness (QED) is 0.138. The number of nitrogens with zero attached hydrogens (tertiary/aromatic N) is 2. The van der Waals surface area contributed by atoms with Crippen molar-refractivity contribution in [2.75, 3.05) is 4.90 Å². The van der Waals surface area contributed by atoms with Crippen molar-refractivity contribution < 1.29 is 0 Å². The van der Waals surface area contributed by atoms with Gasteiger partial charge in [-0.1, -0.05) is 259 Å². The van der Waals surface area contributed by atoms with Crippen molar-refractivity contribution in [3.63, 3.8) is 0 Å². The lowest BCUT2D eigenvalue weighted by Crippen LogP contribution is -2.17. The maximum absolute atomic E-state index is 2.62. The van der Waals surface area contributed by atoms with Crippen LogP contribution in [0.3, 0.4) is 0 Å². The summed E-state index contributed by atoms with van der Waals surface area (Å²) in [7, 11) is 0. The molecule has 13 aromatic rings. The highest BCUT2D eigenvalue weighted by Gasteiger charge is 2.29. The summed E-state index contributed by atoms with van der Waals surface area (Å²) in [5.74, 6) is 0. The van der Waals surface area contributed by atoms with Gasteiger partial charge in [-0.15, -0.1) is 0 Å². The normalized spacial score (nSPS) is 12.6. The van der Waals surface area contributed by atoms with Crippen LogP contribution in [0.5, 0.6) is 0 Å². The van der Waals surface area contributed by atoms with Crippen LogP contribution in [0.2, 0.25) is 0 Å². The lowest BCUT2D eigenvalue weighted by Gasteiger charge is -2.33. The summed E-state index contributed by atoms with van der Waals surface area (Å²) >= 11 is 0. The average Bonchev–Trinajstić information content (AvgIpc) is 1.49. The Morgan fingerprint density at radius 2 is 0.720 bits per heavy atom. The Labute approximate surface area is 485 Å². The van der Waals surface area contributed by atoms with Gasteiger partial charge in [0.2, 0.25) is 0 Å². The van der Waals surface area contributed by atoms with E-state index in [0.29, 0.717) is 0 Å². The molecule has 0 amide bonds. The highest BCUT2D eigenvalue weighted by atomic mass is 15.1. The predicted molar refractivity (Wildman–Crippen MR) is 356 cm³/mol. The molecule has 0 unspecified atom stereocenters. The molecular weight excluding hydrogens is 989 g/mol. The van der Waals surface area contributed by atoms with E-state index in [1.807, 2.05) is 0 Å². The van der Waals surface area contributed by atoms with Crippen molar-refractivity contribution in [3.8, 4) is 50.2 Å². The Hall–Kier alpha value is -8.72. The molecule has 404 valence electrons. The maximum Gasteiger partial charge on any atom is 0.0543 e. The first-order chi connectivity index (χ1) is 39.2. The second-order valence-corrected chi connectivity index (χ2v) is 27.1. The van der Waals surface area contributed by atoms with Crippen molar-refractivity contribution >= 4 is 71.2 Å². The number of rotatable bonds is 8. The van der Waals surface area contributed by atoms with Gasteiger partial charge >= 0.3 is 0 Å². The van der Waals surface area contributed by atoms with E-state index in [1.165, 1.54) is 127 Å². The Bertz CT molecular complexity index is 4510. The molecule has 0 N–H and O–H groups in total. The standard InChI is InChI=1S/C80H74N2/c1-77(2,3)56-36-43-72-68(48-56)69-49-57(78(4,5)6)37-44-73(69)82(72)71-42-34-54-31-38-66-70(41-33-53-32-39-67(71)76(54)75(53)66)81(60-46-55(45-59(47-60)80(10,11)12)63-29-20-19-27-61(63)51-23-15-13-16-24-51)74-50-58(79(7,8)9)35-40-65(74)64-30-22-21-28-62(64)52-25-17-14-18-26-52/h13-50H,1-12H3. The Kier molecular flexibility index (Phi) is 12.5. The first-order valence-corrected chi connectivity index (χ1v) is 29.4.